The molecule has 1 fully saturated rings. The van der Waals surface area contributed by atoms with Crippen molar-refractivity contribution in [3.63, 3.8) is 0 Å². The van der Waals surface area contributed by atoms with Gasteiger partial charge in [0.15, 0.2) is 17.7 Å². The monoisotopic (exact) mass is 498 g/mol. The van der Waals surface area contributed by atoms with Crippen LogP contribution in [0.5, 0.6) is 5.75 Å². The molecule has 5 rings (SSSR count). The summed E-state index contributed by atoms with van der Waals surface area (Å²) in [6.45, 7) is 3.13. The zero-order valence-corrected chi connectivity index (χ0v) is 20.2. The third-order valence-electron chi connectivity index (χ3n) is 5.74. The van der Waals surface area contributed by atoms with Crippen LogP contribution in [0.3, 0.4) is 0 Å². The van der Waals surface area contributed by atoms with Crippen LogP contribution < -0.4 is 4.74 Å². The Bertz CT molecular complexity index is 1250. The van der Waals surface area contributed by atoms with Gasteiger partial charge in [0.05, 0.1) is 21.0 Å². The maximum absolute atomic E-state index is 13.8. The number of likely N-dealkylation sites (tertiary alicyclic amines) is 1. The highest BCUT2D eigenvalue weighted by Gasteiger charge is 2.26. The summed E-state index contributed by atoms with van der Waals surface area (Å²) in [6.07, 6.45) is 1.20. The Morgan fingerprint density at radius 1 is 1.21 bits per heavy atom. The minimum Gasteiger partial charge on any atom is -0.478 e. The van der Waals surface area contributed by atoms with Gasteiger partial charge in [0, 0.05) is 19.0 Å². The normalized spacial score (nSPS) is 15.5. The molecule has 2 aromatic heterocycles. The number of hydrogen-bond acceptors (Lipinski definition) is 8. The van der Waals surface area contributed by atoms with E-state index in [2.05, 4.69) is 16.3 Å². The van der Waals surface area contributed by atoms with Gasteiger partial charge in [-0.25, -0.2) is 9.37 Å². The fraction of sp³-hybridized carbons (Fsp3) is 0.333. The van der Waals surface area contributed by atoms with Crippen LogP contribution in [0, 0.1) is 5.82 Å². The second-order valence-electron chi connectivity index (χ2n) is 8.06. The maximum atomic E-state index is 13.8. The number of hydrogen-bond donors (Lipinski definition) is 0. The van der Waals surface area contributed by atoms with Gasteiger partial charge in [-0.2, -0.15) is 0 Å². The number of carbonyl (C=O) groups is 1. The first-order chi connectivity index (χ1) is 16.6. The van der Waals surface area contributed by atoms with Crippen LogP contribution in [0.2, 0.25) is 0 Å². The third-order valence-corrected chi connectivity index (χ3v) is 7.74. The Kier molecular flexibility index (Phi) is 6.77. The van der Waals surface area contributed by atoms with E-state index in [4.69, 9.17) is 14.1 Å². The molecule has 0 unspecified atom stereocenters. The van der Waals surface area contributed by atoms with Crippen LogP contribution in [0.15, 0.2) is 58.2 Å². The van der Waals surface area contributed by atoms with Crippen LogP contribution in [-0.2, 0) is 4.79 Å². The average Bonchev–Trinajstić information content (AvgIpc) is 3.51. The number of piperidine rings is 1. The Labute approximate surface area is 204 Å². The molecule has 176 valence electrons. The van der Waals surface area contributed by atoms with Gasteiger partial charge >= 0.3 is 0 Å². The molecule has 34 heavy (non-hydrogen) atoms. The zero-order chi connectivity index (χ0) is 23.5. The lowest BCUT2D eigenvalue weighted by Gasteiger charge is -2.31. The first-order valence-electron chi connectivity index (χ1n) is 11.1. The van der Waals surface area contributed by atoms with Crippen molar-refractivity contribution in [2.24, 2.45) is 0 Å². The van der Waals surface area contributed by atoms with E-state index in [-0.39, 0.29) is 28.5 Å². The van der Waals surface area contributed by atoms with E-state index in [1.807, 2.05) is 23.1 Å². The van der Waals surface area contributed by atoms with Crippen LogP contribution in [0.1, 0.15) is 42.7 Å². The second kappa shape index (κ2) is 10.1. The van der Waals surface area contributed by atoms with E-state index in [0.717, 1.165) is 23.4 Å². The molecule has 0 saturated carbocycles. The minimum absolute atomic E-state index is 0.0446. The van der Waals surface area contributed by atoms with Crippen molar-refractivity contribution in [3.8, 4) is 5.75 Å². The Balaban J connectivity index is 1.11. The number of rotatable bonds is 7. The van der Waals surface area contributed by atoms with Crippen molar-refractivity contribution in [2.45, 2.75) is 37.0 Å². The molecule has 3 heterocycles. The van der Waals surface area contributed by atoms with Gasteiger partial charge in [0.25, 0.3) is 11.1 Å². The zero-order valence-electron chi connectivity index (χ0n) is 18.5. The number of para-hydroxylation sites is 2. The summed E-state index contributed by atoms with van der Waals surface area (Å²) in [5.74, 6) is 0.546. The van der Waals surface area contributed by atoms with Crippen LogP contribution in [0.25, 0.3) is 10.2 Å². The van der Waals surface area contributed by atoms with Gasteiger partial charge in [-0.3, -0.25) is 4.79 Å². The minimum atomic E-state index is -0.615. The van der Waals surface area contributed by atoms with Gasteiger partial charge in [-0.15, -0.1) is 21.5 Å². The average molecular weight is 499 g/mol. The molecule has 0 aliphatic carbocycles. The molecule has 4 aromatic rings. The number of benzene rings is 2. The standard InChI is InChI=1S/C24H23FN4O3S2/c1-15(31-19-8-4-2-6-17(19)25)22-27-28-24(32-22)33-14-21(30)29-12-10-16(11-13-29)23-26-18-7-3-5-9-20(18)34-23/h2-9,15-16H,10-14H2,1H3/t15-/m0/s1. The van der Waals surface area contributed by atoms with Gasteiger partial charge in [-0.05, 0) is 44.0 Å². The van der Waals surface area contributed by atoms with Crippen molar-refractivity contribution in [2.75, 3.05) is 18.8 Å². The molecular formula is C24H23FN4O3S2. The highest BCUT2D eigenvalue weighted by Crippen LogP contribution is 2.34. The topological polar surface area (TPSA) is 81.4 Å². The molecule has 0 bridgehead atoms. The molecule has 1 atom stereocenters. The third kappa shape index (κ3) is 5.07. The number of amides is 1. The van der Waals surface area contributed by atoms with Gasteiger partial charge in [-0.1, -0.05) is 36.0 Å². The lowest BCUT2D eigenvalue weighted by Crippen LogP contribution is -2.38. The predicted molar refractivity (Wildman–Crippen MR) is 129 cm³/mol. The van der Waals surface area contributed by atoms with Crippen molar-refractivity contribution >= 4 is 39.2 Å². The van der Waals surface area contributed by atoms with E-state index in [1.54, 1.807) is 30.4 Å². The lowest BCUT2D eigenvalue weighted by molar-refractivity contribution is -0.129. The molecule has 1 aliphatic heterocycles. The molecule has 1 amide bonds. The van der Waals surface area contributed by atoms with Crippen molar-refractivity contribution in [1.82, 2.24) is 20.1 Å². The summed E-state index contributed by atoms with van der Waals surface area (Å²) < 4.78 is 26.2. The van der Waals surface area contributed by atoms with Crippen molar-refractivity contribution in [1.29, 1.82) is 0 Å². The largest absolute Gasteiger partial charge is 0.478 e. The van der Waals surface area contributed by atoms with Gasteiger partial charge < -0.3 is 14.1 Å². The molecular weight excluding hydrogens is 475 g/mol. The quantitative estimate of drug-likeness (QED) is 0.313. The number of ether oxygens (including phenoxy) is 1. The van der Waals surface area contributed by atoms with E-state index in [0.29, 0.717) is 19.0 Å². The maximum Gasteiger partial charge on any atom is 0.277 e. The Morgan fingerprint density at radius 3 is 2.76 bits per heavy atom. The molecule has 0 radical (unpaired) electrons. The van der Waals surface area contributed by atoms with Crippen molar-refractivity contribution < 1.29 is 18.3 Å². The summed E-state index contributed by atoms with van der Waals surface area (Å²) in [5.41, 5.74) is 1.05. The summed E-state index contributed by atoms with van der Waals surface area (Å²) in [4.78, 5) is 19.4. The van der Waals surface area contributed by atoms with E-state index in [1.165, 1.54) is 28.6 Å². The number of carbonyl (C=O) groups excluding carboxylic acids is 1. The molecule has 7 nitrogen and oxygen atoms in total. The highest BCUT2D eigenvalue weighted by molar-refractivity contribution is 7.99. The fourth-order valence-electron chi connectivity index (χ4n) is 3.88. The predicted octanol–water partition coefficient (Wildman–Crippen LogP) is 5.46. The van der Waals surface area contributed by atoms with Crippen LogP contribution in [-0.4, -0.2) is 44.8 Å². The number of fused-ring (bicyclic) bond motifs is 1. The van der Waals surface area contributed by atoms with Crippen molar-refractivity contribution in [3.05, 3.63) is 65.2 Å². The number of nitrogens with zero attached hydrogens (tertiary/aromatic N) is 4. The van der Waals surface area contributed by atoms with E-state index in [9.17, 15) is 9.18 Å². The number of halogens is 1. The summed E-state index contributed by atoms with van der Waals surface area (Å²) >= 11 is 2.95. The molecule has 1 aliphatic rings. The smallest absolute Gasteiger partial charge is 0.277 e. The summed E-state index contributed by atoms with van der Waals surface area (Å²) in [7, 11) is 0. The Morgan fingerprint density at radius 2 is 1.97 bits per heavy atom. The first-order valence-corrected chi connectivity index (χ1v) is 12.9. The van der Waals surface area contributed by atoms with E-state index >= 15 is 0 Å². The summed E-state index contributed by atoms with van der Waals surface area (Å²) in [5, 5.41) is 9.41. The molecule has 0 spiro atoms. The second-order valence-corrected chi connectivity index (χ2v) is 10.0. The number of thiazole rings is 1. The van der Waals surface area contributed by atoms with E-state index < -0.39 is 11.9 Å². The van der Waals surface area contributed by atoms with Gasteiger partial charge in [0.2, 0.25) is 5.91 Å². The highest BCUT2D eigenvalue weighted by atomic mass is 32.2. The molecule has 10 heteroatoms. The Hall–Kier alpha value is -2.98. The SMILES string of the molecule is C[C@H](Oc1ccccc1F)c1nnc(SCC(=O)N2CCC(c3nc4ccccc4s3)CC2)o1. The lowest BCUT2D eigenvalue weighted by atomic mass is 9.97. The van der Waals surface area contributed by atoms with Gasteiger partial charge in [0.1, 0.15) is 0 Å². The van der Waals surface area contributed by atoms with Crippen LogP contribution in [0.4, 0.5) is 4.39 Å². The molecule has 0 N–H and O–H groups in total. The molecule has 1 saturated heterocycles. The first kappa shape index (κ1) is 22.8. The number of aromatic nitrogens is 3. The number of thioether (sulfide) groups is 1. The summed E-state index contributed by atoms with van der Waals surface area (Å²) in [6, 6.07) is 14.3. The van der Waals surface area contributed by atoms with Crippen LogP contribution >= 0.6 is 23.1 Å². The fourth-order valence-corrected chi connectivity index (χ4v) is 5.69. The molecule has 2 aromatic carbocycles.